The summed E-state index contributed by atoms with van der Waals surface area (Å²) in [6.45, 7) is 0. The van der Waals surface area contributed by atoms with Crippen molar-refractivity contribution in [2.75, 3.05) is 5.32 Å². The van der Waals surface area contributed by atoms with E-state index in [0.29, 0.717) is 5.69 Å². The second-order valence-electron chi connectivity index (χ2n) is 5.15. The van der Waals surface area contributed by atoms with E-state index in [0.717, 1.165) is 16.4 Å². The van der Waals surface area contributed by atoms with E-state index < -0.39 is 17.8 Å². The lowest BCUT2D eigenvalue weighted by Crippen LogP contribution is -2.41. The van der Waals surface area contributed by atoms with E-state index in [4.69, 9.17) is 4.74 Å². The molecule has 2 fully saturated rings. The fraction of sp³-hybridized carbons (Fsp3) is 0.429. The van der Waals surface area contributed by atoms with Crippen LogP contribution in [0.15, 0.2) is 24.3 Å². The number of anilines is 1. The zero-order valence-corrected chi connectivity index (χ0v) is 12.7. The molecule has 0 aliphatic carbocycles. The maximum absolute atomic E-state index is 12.4. The first kappa shape index (κ1) is 13.8. The molecule has 0 aromatic heterocycles. The highest BCUT2D eigenvalue weighted by Gasteiger charge is 2.55. The van der Waals surface area contributed by atoms with Crippen LogP contribution in [0.25, 0.3) is 0 Å². The molecule has 2 aliphatic rings. The lowest BCUT2D eigenvalue weighted by molar-refractivity contribution is -0.147. The fourth-order valence-corrected chi connectivity index (χ4v) is 3.63. The highest BCUT2D eigenvalue weighted by atomic mass is 127. The Morgan fingerprint density at radius 3 is 2.50 bits per heavy atom. The summed E-state index contributed by atoms with van der Waals surface area (Å²) < 4.78 is 6.53. The van der Waals surface area contributed by atoms with E-state index in [1.165, 1.54) is 0 Å². The monoisotopic (exact) mass is 387 g/mol. The minimum atomic E-state index is -0.944. The number of nitrogens with one attached hydrogen (secondary N) is 1. The molecule has 6 heteroatoms. The fourth-order valence-electron chi connectivity index (χ4n) is 3.10. The van der Waals surface area contributed by atoms with E-state index in [1.807, 2.05) is 24.3 Å². The van der Waals surface area contributed by atoms with Crippen LogP contribution in [0.3, 0.4) is 0 Å². The van der Waals surface area contributed by atoms with Crippen molar-refractivity contribution >= 4 is 40.2 Å². The summed E-state index contributed by atoms with van der Waals surface area (Å²) in [7, 11) is 0. The van der Waals surface area contributed by atoms with Crippen LogP contribution in [0.5, 0.6) is 0 Å². The number of carboxylic acid groups (broad SMARTS) is 1. The van der Waals surface area contributed by atoms with Crippen molar-refractivity contribution < 1.29 is 19.4 Å². The molecule has 1 aromatic rings. The Balaban J connectivity index is 1.80. The SMILES string of the molecule is O=C(O)[C@@H]1[C@@H](C(=O)Nc2ccccc2I)[C@@H]2CC[C@@H]1O2. The molecule has 2 heterocycles. The van der Waals surface area contributed by atoms with Crippen molar-refractivity contribution in [2.24, 2.45) is 11.8 Å². The number of carbonyl (C=O) groups excluding carboxylic acids is 1. The molecule has 1 aromatic carbocycles. The van der Waals surface area contributed by atoms with E-state index in [1.54, 1.807) is 0 Å². The third kappa shape index (κ3) is 2.31. The Morgan fingerprint density at radius 1 is 1.20 bits per heavy atom. The van der Waals surface area contributed by atoms with Crippen LogP contribution in [0.2, 0.25) is 0 Å². The largest absolute Gasteiger partial charge is 0.481 e. The number of hydrogen-bond acceptors (Lipinski definition) is 3. The van der Waals surface area contributed by atoms with Crippen molar-refractivity contribution in [3.63, 3.8) is 0 Å². The zero-order chi connectivity index (χ0) is 14.3. The number of amides is 1. The first-order valence-corrected chi connectivity index (χ1v) is 7.59. The Kier molecular flexibility index (Phi) is 3.68. The number of ether oxygens (including phenoxy) is 1. The molecule has 0 saturated carbocycles. The van der Waals surface area contributed by atoms with Crippen LogP contribution in [-0.2, 0) is 14.3 Å². The van der Waals surface area contributed by atoms with Crippen molar-refractivity contribution in [1.29, 1.82) is 0 Å². The molecule has 0 spiro atoms. The maximum Gasteiger partial charge on any atom is 0.310 e. The van der Waals surface area contributed by atoms with Crippen molar-refractivity contribution in [1.82, 2.24) is 0 Å². The summed E-state index contributed by atoms with van der Waals surface area (Å²) in [4.78, 5) is 23.8. The third-order valence-electron chi connectivity index (χ3n) is 3.99. The Labute approximate surface area is 129 Å². The maximum atomic E-state index is 12.4. The lowest BCUT2D eigenvalue weighted by Gasteiger charge is -2.24. The molecule has 2 aliphatic heterocycles. The molecule has 20 heavy (non-hydrogen) atoms. The van der Waals surface area contributed by atoms with Crippen molar-refractivity contribution in [3.05, 3.63) is 27.8 Å². The number of aliphatic carboxylic acids is 1. The Morgan fingerprint density at radius 2 is 1.85 bits per heavy atom. The molecule has 106 valence electrons. The summed E-state index contributed by atoms with van der Waals surface area (Å²) in [6, 6.07) is 7.42. The van der Waals surface area contributed by atoms with Crippen LogP contribution in [0, 0.1) is 15.4 Å². The first-order chi connectivity index (χ1) is 9.58. The number of carbonyl (C=O) groups is 2. The van der Waals surface area contributed by atoms with E-state index in [2.05, 4.69) is 27.9 Å². The molecular formula is C14H14INO4. The van der Waals surface area contributed by atoms with Crippen molar-refractivity contribution in [2.45, 2.75) is 25.0 Å². The predicted octanol–water partition coefficient (Wildman–Crippen LogP) is 2.11. The standard InChI is InChI=1S/C14H14INO4/c15-7-3-1-2-4-8(7)16-13(17)11-9-5-6-10(20-9)12(11)14(18)19/h1-4,9-12H,5-6H2,(H,16,17)(H,18,19)/t9-,10-,11-,12-/m0/s1. The van der Waals surface area contributed by atoms with Crippen LogP contribution < -0.4 is 5.32 Å². The van der Waals surface area contributed by atoms with Crippen LogP contribution in [0.4, 0.5) is 5.69 Å². The highest BCUT2D eigenvalue weighted by molar-refractivity contribution is 14.1. The number of halogens is 1. The summed E-state index contributed by atoms with van der Waals surface area (Å²) in [5.74, 6) is -2.52. The van der Waals surface area contributed by atoms with E-state index in [9.17, 15) is 14.7 Å². The van der Waals surface area contributed by atoms with Crippen LogP contribution >= 0.6 is 22.6 Å². The van der Waals surface area contributed by atoms with Crippen LogP contribution in [-0.4, -0.2) is 29.2 Å². The number of benzene rings is 1. The second-order valence-corrected chi connectivity index (χ2v) is 6.31. The minimum absolute atomic E-state index is 0.256. The molecule has 2 bridgehead atoms. The highest BCUT2D eigenvalue weighted by Crippen LogP contribution is 2.44. The van der Waals surface area contributed by atoms with Gasteiger partial charge in [0.25, 0.3) is 0 Å². The molecular weight excluding hydrogens is 373 g/mol. The molecule has 2 saturated heterocycles. The zero-order valence-electron chi connectivity index (χ0n) is 10.6. The minimum Gasteiger partial charge on any atom is -0.481 e. The van der Waals surface area contributed by atoms with Gasteiger partial charge in [0.1, 0.15) is 0 Å². The van der Waals surface area contributed by atoms with Gasteiger partial charge in [0.05, 0.1) is 29.7 Å². The number of para-hydroxylation sites is 1. The summed E-state index contributed by atoms with van der Waals surface area (Å²) >= 11 is 2.14. The average Bonchev–Trinajstić information content (AvgIpc) is 3.01. The van der Waals surface area contributed by atoms with Gasteiger partial charge in [0, 0.05) is 3.57 Å². The second kappa shape index (κ2) is 5.33. The van der Waals surface area contributed by atoms with Crippen LogP contribution in [0.1, 0.15) is 12.8 Å². The van der Waals surface area contributed by atoms with Gasteiger partial charge in [-0.25, -0.2) is 0 Å². The van der Waals surface area contributed by atoms with E-state index >= 15 is 0 Å². The third-order valence-corrected chi connectivity index (χ3v) is 4.93. The molecule has 5 nitrogen and oxygen atoms in total. The van der Waals surface area contributed by atoms with Crippen molar-refractivity contribution in [3.8, 4) is 0 Å². The van der Waals surface area contributed by atoms with Gasteiger partial charge in [0.2, 0.25) is 5.91 Å². The number of rotatable bonds is 3. The van der Waals surface area contributed by atoms with Gasteiger partial charge in [0.15, 0.2) is 0 Å². The van der Waals surface area contributed by atoms with Gasteiger partial charge in [-0.3, -0.25) is 9.59 Å². The van der Waals surface area contributed by atoms with Gasteiger partial charge < -0.3 is 15.2 Å². The molecule has 1 amide bonds. The quantitative estimate of drug-likeness (QED) is 0.780. The molecule has 2 N–H and O–H groups in total. The Bertz CT molecular complexity index is 562. The average molecular weight is 387 g/mol. The topological polar surface area (TPSA) is 75.6 Å². The van der Waals surface area contributed by atoms with Gasteiger partial charge in [-0.1, -0.05) is 12.1 Å². The smallest absolute Gasteiger partial charge is 0.310 e. The Hall–Kier alpha value is -1.15. The number of hydrogen-bond donors (Lipinski definition) is 2. The number of fused-ring (bicyclic) bond motifs is 2. The van der Waals surface area contributed by atoms with E-state index in [-0.39, 0.29) is 18.1 Å². The summed E-state index contributed by atoms with van der Waals surface area (Å²) in [5, 5.41) is 12.1. The first-order valence-electron chi connectivity index (χ1n) is 6.51. The predicted molar refractivity (Wildman–Crippen MR) is 80.3 cm³/mol. The normalized spacial score (nSPS) is 31.2. The van der Waals surface area contributed by atoms with Gasteiger partial charge >= 0.3 is 5.97 Å². The van der Waals surface area contributed by atoms with Gasteiger partial charge in [-0.15, -0.1) is 0 Å². The number of carboxylic acids is 1. The lowest BCUT2D eigenvalue weighted by atomic mass is 9.78. The molecule has 0 radical (unpaired) electrons. The molecule has 4 atom stereocenters. The van der Waals surface area contributed by atoms with Gasteiger partial charge in [-0.2, -0.15) is 0 Å². The molecule has 0 unspecified atom stereocenters. The molecule has 3 rings (SSSR count). The summed E-state index contributed by atoms with van der Waals surface area (Å²) in [5.41, 5.74) is 0.713. The van der Waals surface area contributed by atoms with Gasteiger partial charge in [-0.05, 0) is 47.6 Å². The summed E-state index contributed by atoms with van der Waals surface area (Å²) in [6.07, 6.45) is 0.915.